The quantitative estimate of drug-likeness (QED) is 0.907. The lowest BCUT2D eigenvalue weighted by Crippen LogP contribution is -2.29. The molecule has 2 fully saturated rings. The maximum atomic E-state index is 12.5. The third kappa shape index (κ3) is 2.08. The summed E-state index contributed by atoms with van der Waals surface area (Å²) in [7, 11) is -3.19. The topological polar surface area (TPSA) is 54.4 Å². The summed E-state index contributed by atoms with van der Waals surface area (Å²) in [5.41, 5.74) is 0.134. The fraction of sp³-hybridized carbons (Fsp3) is 0.571. The average molecular weight is 266 g/mol. The Morgan fingerprint density at radius 3 is 2.44 bits per heavy atom. The highest BCUT2D eigenvalue weighted by molar-refractivity contribution is 7.92. The van der Waals surface area contributed by atoms with Crippen LogP contribution in [0.25, 0.3) is 0 Å². The Morgan fingerprint density at radius 1 is 1.22 bits per heavy atom. The van der Waals surface area contributed by atoms with Crippen LogP contribution in [0.1, 0.15) is 37.7 Å². The minimum absolute atomic E-state index is 0.201. The zero-order valence-corrected chi connectivity index (χ0v) is 11.1. The molecular formula is C14H18O3S. The van der Waals surface area contributed by atoms with Gasteiger partial charge in [0.25, 0.3) is 0 Å². The number of sulfone groups is 1. The molecule has 0 radical (unpaired) electrons. The molecule has 0 atom stereocenters. The van der Waals surface area contributed by atoms with Crippen molar-refractivity contribution in [2.45, 2.75) is 54.3 Å². The molecule has 0 spiro atoms. The summed E-state index contributed by atoms with van der Waals surface area (Å²) in [6, 6.07) is 7.14. The van der Waals surface area contributed by atoms with Crippen LogP contribution in [0.15, 0.2) is 29.2 Å². The van der Waals surface area contributed by atoms with Gasteiger partial charge in [-0.1, -0.05) is 24.6 Å². The van der Waals surface area contributed by atoms with E-state index in [1.54, 1.807) is 12.1 Å². The van der Waals surface area contributed by atoms with Crippen molar-refractivity contribution < 1.29 is 13.5 Å². The van der Waals surface area contributed by atoms with E-state index in [9.17, 15) is 13.5 Å². The summed E-state index contributed by atoms with van der Waals surface area (Å²) in [5.74, 6) is 0. The zero-order chi connectivity index (χ0) is 12.8. The highest BCUT2D eigenvalue weighted by atomic mass is 32.2. The van der Waals surface area contributed by atoms with Gasteiger partial charge in [0.2, 0.25) is 0 Å². The van der Waals surface area contributed by atoms with Crippen molar-refractivity contribution >= 4 is 9.84 Å². The van der Waals surface area contributed by atoms with E-state index in [-0.39, 0.29) is 5.25 Å². The Bertz CT molecular complexity index is 554. The molecule has 0 aliphatic heterocycles. The molecule has 0 amide bonds. The second-order valence-electron chi connectivity index (χ2n) is 5.61. The fourth-order valence-corrected chi connectivity index (χ4v) is 4.55. The Balaban J connectivity index is 1.95. The van der Waals surface area contributed by atoms with E-state index >= 15 is 0 Å². The van der Waals surface area contributed by atoms with Crippen molar-refractivity contribution in [3.63, 3.8) is 0 Å². The largest absolute Gasteiger partial charge is 0.390 e. The first-order valence-corrected chi connectivity index (χ1v) is 8.10. The van der Waals surface area contributed by atoms with Gasteiger partial charge < -0.3 is 5.11 Å². The van der Waals surface area contributed by atoms with Gasteiger partial charge >= 0.3 is 0 Å². The van der Waals surface area contributed by atoms with Crippen LogP contribution in [0.4, 0.5) is 0 Å². The van der Waals surface area contributed by atoms with Crippen molar-refractivity contribution in [3.8, 4) is 0 Å². The van der Waals surface area contributed by atoms with Gasteiger partial charge in [0, 0.05) is 6.42 Å². The summed E-state index contributed by atoms with van der Waals surface area (Å²) in [6.07, 6.45) is 4.60. The number of benzene rings is 1. The number of rotatable bonds is 4. The van der Waals surface area contributed by atoms with Crippen LogP contribution in [0.5, 0.6) is 0 Å². The van der Waals surface area contributed by atoms with Gasteiger partial charge in [0.15, 0.2) is 9.84 Å². The second-order valence-corrected chi connectivity index (χ2v) is 7.80. The molecule has 2 aliphatic carbocycles. The Labute approximate surface area is 108 Å². The van der Waals surface area contributed by atoms with Gasteiger partial charge in [0.05, 0.1) is 15.7 Å². The van der Waals surface area contributed by atoms with Gasteiger partial charge in [-0.2, -0.15) is 0 Å². The van der Waals surface area contributed by atoms with E-state index in [1.807, 2.05) is 12.1 Å². The lowest BCUT2D eigenvalue weighted by Gasteiger charge is -2.26. The van der Waals surface area contributed by atoms with E-state index in [0.29, 0.717) is 11.3 Å². The highest BCUT2D eigenvalue weighted by Crippen LogP contribution is 2.40. The van der Waals surface area contributed by atoms with Crippen molar-refractivity contribution in [1.82, 2.24) is 0 Å². The molecule has 0 heterocycles. The van der Waals surface area contributed by atoms with Gasteiger partial charge in [-0.15, -0.1) is 0 Å². The molecule has 1 aromatic rings. The van der Waals surface area contributed by atoms with Crippen molar-refractivity contribution in [1.29, 1.82) is 0 Å². The Kier molecular flexibility index (Phi) is 2.75. The number of aliphatic hydroxyl groups is 1. The molecule has 0 aromatic heterocycles. The van der Waals surface area contributed by atoms with E-state index in [4.69, 9.17) is 0 Å². The van der Waals surface area contributed by atoms with Crippen LogP contribution in [-0.4, -0.2) is 24.4 Å². The highest BCUT2D eigenvalue weighted by Gasteiger charge is 2.42. The van der Waals surface area contributed by atoms with Crippen LogP contribution in [0.3, 0.4) is 0 Å². The molecule has 18 heavy (non-hydrogen) atoms. The maximum absolute atomic E-state index is 12.5. The van der Waals surface area contributed by atoms with Crippen molar-refractivity contribution in [2.75, 3.05) is 0 Å². The monoisotopic (exact) mass is 266 g/mol. The molecular weight excluding hydrogens is 248 g/mol. The first-order valence-electron chi connectivity index (χ1n) is 6.55. The predicted molar refractivity (Wildman–Crippen MR) is 69.2 cm³/mol. The van der Waals surface area contributed by atoms with Crippen molar-refractivity contribution in [2.24, 2.45) is 0 Å². The summed E-state index contributed by atoms with van der Waals surface area (Å²) in [5, 5.41) is 9.79. The van der Waals surface area contributed by atoms with E-state index in [0.717, 1.165) is 37.7 Å². The second kappa shape index (κ2) is 4.07. The Hall–Kier alpha value is -0.870. The van der Waals surface area contributed by atoms with E-state index in [2.05, 4.69) is 0 Å². The molecule has 2 saturated carbocycles. The lowest BCUT2D eigenvalue weighted by molar-refractivity contribution is 0.150. The van der Waals surface area contributed by atoms with E-state index in [1.165, 1.54) is 0 Å². The zero-order valence-electron chi connectivity index (χ0n) is 10.3. The van der Waals surface area contributed by atoms with Gasteiger partial charge in [-0.05, 0) is 37.3 Å². The van der Waals surface area contributed by atoms with Gasteiger partial charge in [0.1, 0.15) is 0 Å². The van der Waals surface area contributed by atoms with Crippen molar-refractivity contribution in [3.05, 3.63) is 29.8 Å². The summed E-state index contributed by atoms with van der Waals surface area (Å²) in [6.45, 7) is 0. The Morgan fingerprint density at radius 2 is 1.89 bits per heavy atom. The maximum Gasteiger partial charge on any atom is 0.181 e. The minimum Gasteiger partial charge on any atom is -0.390 e. The van der Waals surface area contributed by atoms with Crippen LogP contribution < -0.4 is 0 Å². The molecule has 3 rings (SSSR count). The molecule has 1 aromatic carbocycles. The van der Waals surface area contributed by atoms with Crippen LogP contribution in [0.2, 0.25) is 0 Å². The standard InChI is InChI=1S/C14H18O3S/c15-14(8-9-14)10-11-4-1-2-7-13(11)18(16,17)12-5-3-6-12/h1-2,4,7,12,15H,3,5-6,8-10H2. The van der Waals surface area contributed by atoms with Crippen LogP contribution >= 0.6 is 0 Å². The summed E-state index contributed by atoms with van der Waals surface area (Å²) < 4.78 is 24.9. The minimum atomic E-state index is -3.19. The molecule has 0 bridgehead atoms. The first kappa shape index (κ1) is 12.2. The fourth-order valence-electron chi connectivity index (χ4n) is 2.46. The summed E-state index contributed by atoms with van der Waals surface area (Å²) in [4.78, 5) is 0.440. The van der Waals surface area contributed by atoms with Crippen LogP contribution in [-0.2, 0) is 16.3 Å². The molecule has 98 valence electrons. The smallest absolute Gasteiger partial charge is 0.181 e. The van der Waals surface area contributed by atoms with Gasteiger partial charge in [-0.25, -0.2) is 8.42 Å². The third-order valence-electron chi connectivity index (χ3n) is 4.12. The third-order valence-corrected chi connectivity index (χ3v) is 6.48. The van der Waals surface area contributed by atoms with Gasteiger partial charge in [-0.3, -0.25) is 0 Å². The molecule has 0 saturated heterocycles. The summed E-state index contributed by atoms with van der Waals surface area (Å²) >= 11 is 0. The first-order chi connectivity index (χ1) is 8.51. The molecule has 0 unspecified atom stereocenters. The predicted octanol–water partition coefficient (Wildman–Crippen LogP) is 2.08. The average Bonchev–Trinajstić information content (AvgIpc) is 2.93. The molecule has 1 N–H and O–H groups in total. The molecule has 4 heteroatoms. The molecule has 3 nitrogen and oxygen atoms in total. The lowest BCUT2D eigenvalue weighted by atomic mass is 10.00. The number of hydrogen-bond acceptors (Lipinski definition) is 3. The SMILES string of the molecule is O=S(=O)(c1ccccc1CC1(O)CC1)C1CCC1. The van der Waals surface area contributed by atoms with Crippen LogP contribution in [0, 0.1) is 0 Å². The number of hydrogen-bond donors (Lipinski definition) is 1. The normalized spacial score (nSPS) is 22.5. The molecule has 2 aliphatic rings. The van der Waals surface area contributed by atoms with E-state index < -0.39 is 15.4 Å².